The van der Waals surface area contributed by atoms with Crippen molar-refractivity contribution in [3.63, 3.8) is 0 Å². The first-order chi connectivity index (χ1) is 14.5. The molecule has 0 spiro atoms. The van der Waals surface area contributed by atoms with Crippen molar-refractivity contribution >= 4 is 17.6 Å². The predicted octanol–water partition coefficient (Wildman–Crippen LogP) is 3.42. The summed E-state index contributed by atoms with van der Waals surface area (Å²) in [6.07, 6.45) is -17.0. The van der Waals surface area contributed by atoms with Gasteiger partial charge in [0.15, 0.2) is 0 Å². The fraction of sp³-hybridized carbons (Fsp3) is 0.412. The summed E-state index contributed by atoms with van der Waals surface area (Å²) in [5.74, 6) is -2.55. The third kappa shape index (κ3) is 5.08. The van der Waals surface area contributed by atoms with E-state index in [9.17, 15) is 49.1 Å². The van der Waals surface area contributed by atoms with Crippen LogP contribution >= 0.6 is 0 Å². The zero-order chi connectivity index (χ0) is 24.6. The summed E-state index contributed by atoms with van der Waals surface area (Å²) in [6, 6.07) is -1.08. The number of β-amino-alcohol motifs (C(OH)–C–C–N with tert-alkyl or cyclic N) is 1. The number of amides is 1. The molecule has 2 N–H and O–H groups in total. The average Bonchev–Trinajstić information content (AvgIpc) is 2.95. The van der Waals surface area contributed by atoms with Gasteiger partial charge in [-0.25, -0.2) is 4.79 Å². The van der Waals surface area contributed by atoms with Crippen LogP contribution in [0.25, 0.3) is 0 Å². The maximum Gasteiger partial charge on any atom is 0.418 e. The highest BCUT2D eigenvalue weighted by atomic mass is 19.4. The van der Waals surface area contributed by atoms with E-state index in [0.29, 0.717) is 0 Å². The van der Waals surface area contributed by atoms with Crippen molar-refractivity contribution < 1.29 is 58.9 Å². The van der Waals surface area contributed by atoms with Crippen molar-refractivity contribution in [2.24, 2.45) is 0 Å². The van der Waals surface area contributed by atoms with Crippen LogP contribution in [0.4, 0.5) is 45.2 Å². The van der Waals surface area contributed by atoms with Crippen molar-refractivity contribution in [2.75, 3.05) is 32.1 Å². The monoisotopic (exact) mass is 480 g/mol. The number of aliphatic hydroxyl groups excluding tert-OH is 1. The predicted molar refractivity (Wildman–Crippen MR) is 87.8 cm³/mol. The highest BCUT2D eigenvalue weighted by Crippen LogP contribution is 2.47. The number of hydrogen-bond donors (Lipinski definition) is 2. The lowest BCUT2D eigenvalue weighted by atomic mass is 10.00. The third-order valence-corrected chi connectivity index (χ3v) is 4.28. The number of ether oxygens (including phenoxy) is 1. The van der Waals surface area contributed by atoms with E-state index in [4.69, 9.17) is 5.11 Å². The minimum atomic E-state index is -5.71. The van der Waals surface area contributed by atoms with Gasteiger partial charge in [-0.2, -0.15) is 39.5 Å². The quantitative estimate of drug-likeness (QED) is 0.499. The molecule has 0 fully saturated rings. The first kappa shape index (κ1) is 25.3. The van der Waals surface area contributed by atoms with Gasteiger partial charge < -0.3 is 20.1 Å². The molecule has 1 aliphatic heterocycles. The zero-order valence-electron chi connectivity index (χ0n) is 15.8. The molecule has 32 heavy (non-hydrogen) atoms. The van der Waals surface area contributed by atoms with E-state index in [1.165, 1.54) is 0 Å². The Labute approximate surface area is 173 Å². The number of nitrogens with one attached hydrogen (secondary N) is 1. The van der Waals surface area contributed by atoms with Crippen LogP contribution in [0.2, 0.25) is 0 Å². The molecule has 6 nitrogen and oxygen atoms in total. The van der Waals surface area contributed by atoms with Crippen LogP contribution in [0, 0.1) is 0 Å². The molecule has 0 saturated heterocycles. The van der Waals surface area contributed by atoms with Gasteiger partial charge in [-0.15, -0.1) is 0 Å². The number of aliphatic hydroxyl groups is 1. The SMILES string of the molecule is COC(=O)C1=C(Nc2c(C(F)(F)F)cc(C(F)(F)F)cc2C(F)(F)F)C(=O)N(CCO)C1. The first-order valence-corrected chi connectivity index (χ1v) is 8.40. The molecule has 0 radical (unpaired) electrons. The number of hydrogen-bond acceptors (Lipinski definition) is 5. The molecule has 15 heteroatoms. The van der Waals surface area contributed by atoms with Crippen LogP contribution in [0.1, 0.15) is 16.7 Å². The zero-order valence-corrected chi connectivity index (χ0v) is 15.8. The van der Waals surface area contributed by atoms with Gasteiger partial charge in [-0.3, -0.25) is 4.79 Å². The number of benzene rings is 1. The van der Waals surface area contributed by atoms with E-state index >= 15 is 0 Å². The van der Waals surface area contributed by atoms with Crippen molar-refractivity contribution in [3.05, 3.63) is 40.1 Å². The Morgan fingerprint density at radius 1 is 1.03 bits per heavy atom. The molecular formula is C17H13F9N2O4. The second-order valence-electron chi connectivity index (χ2n) is 6.36. The molecule has 0 aliphatic carbocycles. The van der Waals surface area contributed by atoms with E-state index in [1.54, 1.807) is 5.32 Å². The van der Waals surface area contributed by atoms with Gasteiger partial charge in [0.2, 0.25) is 0 Å². The molecule has 2 rings (SSSR count). The van der Waals surface area contributed by atoms with Crippen molar-refractivity contribution in [1.29, 1.82) is 0 Å². The van der Waals surface area contributed by atoms with Gasteiger partial charge in [0.05, 0.1) is 48.2 Å². The van der Waals surface area contributed by atoms with E-state index in [1.807, 2.05) is 0 Å². The van der Waals surface area contributed by atoms with Crippen LogP contribution in [0.5, 0.6) is 0 Å². The normalized spacial score (nSPS) is 15.5. The molecular weight excluding hydrogens is 467 g/mol. The Morgan fingerprint density at radius 3 is 1.91 bits per heavy atom. The molecule has 178 valence electrons. The fourth-order valence-corrected chi connectivity index (χ4v) is 2.86. The lowest BCUT2D eigenvalue weighted by Gasteiger charge is -2.23. The Bertz CT molecular complexity index is 914. The largest absolute Gasteiger partial charge is 0.466 e. The molecule has 1 aromatic carbocycles. The van der Waals surface area contributed by atoms with Gasteiger partial charge in [0, 0.05) is 6.54 Å². The van der Waals surface area contributed by atoms with E-state index < -0.39 is 95.9 Å². The summed E-state index contributed by atoms with van der Waals surface area (Å²) in [5.41, 5.74) is -10.6. The summed E-state index contributed by atoms with van der Waals surface area (Å²) < 4.78 is 124. The van der Waals surface area contributed by atoms with E-state index in [0.717, 1.165) is 12.0 Å². The summed E-state index contributed by atoms with van der Waals surface area (Å²) in [6.45, 7) is -1.72. The Balaban J connectivity index is 2.80. The number of halogens is 9. The molecule has 1 heterocycles. The van der Waals surface area contributed by atoms with Crippen LogP contribution in [-0.4, -0.2) is 48.7 Å². The number of methoxy groups -OCH3 is 1. The second-order valence-corrected chi connectivity index (χ2v) is 6.36. The van der Waals surface area contributed by atoms with Gasteiger partial charge in [0.1, 0.15) is 5.70 Å². The number of anilines is 1. The van der Waals surface area contributed by atoms with Crippen LogP contribution in [-0.2, 0) is 32.9 Å². The van der Waals surface area contributed by atoms with E-state index in [-0.39, 0.29) is 0 Å². The number of nitrogens with zero attached hydrogens (tertiary/aromatic N) is 1. The summed E-state index contributed by atoms with van der Waals surface area (Å²) in [7, 11) is 0.826. The minimum absolute atomic E-state index is 0.435. The number of alkyl halides is 9. The van der Waals surface area contributed by atoms with Crippen molar-refractivity contribution in [3.8, 4) is 0 Å². The Morgan fingerprint density at radius 2 is 1.53 bits per heavy atom. The molecule has 0 atom stereocenters. The number of rotatable bonds is 5. The Hall–Kier alpha value is -2.97. The standard InChI is InChI=1S/C17H13F9N2O4/c1-32-14(31)8-6-28(2-3-29)13(30)11(8)27-12-9(16(21,22)23)4-7(15(18,19)20)5-10(12)17(24,25)26/h4-5,27,29H,2-3,6H2,1H3. The number of esters is 1. The highest BCUT2D eigenvalue weighted by Gasteiger charge is 2.46. The second kappa shape index (κ2) is 8.52. The van der Waals surface area contributed by atoms with Gasteiger partial charge >= 0.3 is 24.5 Å². The summed E-state index contributed by atoms with van der Waals surface area (Å²) in [4.78, 5) is 25.0. The highest BCUT2D eigenvalue weighted by molar-refractivity contribution is 6.08. The average molecular weight is 480 g/mol. The van der Waals surface area contributed by atoms with Crippen molar-refractivity contribution in [2.45, 2.75) is 18.5 Å². The van der Waals surface area contributed by atoms with Gasteiger partial charge in [-0.05, 0) is 12.1 Å². The van der Waals surface area contributed by atoms with Crippen LogP contribution in [0.3, 0.4) is 0 Å². The maximum atomic E-state index is 13.5. The molecule has 0 bridgehead atoms. The lowest BCUT2D eigenvalue weighted by molar-refractivity contribution is -0.147. The number of carbonyl (C=O) groups excluding carboxylic acids is 2. The van der Waals surface area contributed by atoms with Crippen molar-refractivity contribution in [1.82, 2.24) is 4.90 Å². The smallest absolute Gasteiger partial charge is 0.418 e. The maximum absolute atomic E-state index is 13.5. The molecule has 1 aromatic rings. The van der Waals surface area contributed by atoms with Gasteiger partial charge in [-0.1, -0.05) is 0 Å². The first-order valence-electron chi connectivity index (χ1n) is 8.40. The Kier molecular flexibility index (Phi) is 6.73. The van der Waals surface area contributed by atoms with Crippen LogP contribution in [0.15, 0.2) is 23.4 Å². The minimum Gasteiger partial charge on any atom is -0.466 e. The molecule has 1 amide bonds. The third-order valence-electron chi connectivity index (χ3n) is 4.28. The summed E-state index contributed by atoms with van der Waals surface area (Å²) in [5, 5.41) is 10.5. The molecule has 0 aromatic heterocycles. The van der Waals surface area contributed by atoms with Gasteiger partial charge in [0.25, 0.3) is 5.91 Å². The molecule has 0 saturated carbocycles. The lowest BCUT2D eigenvalue weighted by Crippen LogP contribution is -2.32. The summed E-state index contributed by atoms with van der Waals surface area (Å²) >= 11 is 0. The molecule has 1 aliphatic rings. The topological polar surface area (TPSA) is 78.9 Å². The fourth-order valence-electron chi connectivity index (χ4n) is 2.86. The van der Waals surface area contributed by atoms with Crippen LogP contribution < -0.4 is 5.32 Å². The molecule has 0 unspecified atom stereocenters. The number of carbonyl (C=O) groups is 2. The van der Waals surface area contributed by atoms with E-state index in [2.05, 4.69) is 4.74 Å².